The molecule has 0 aliphatic heterocycles. The zero-order valence-electron chi connectivity index (χ0n) is 18.9. The van der Waals surface area contributed by atoms with Gasteiger partial charge >= 0.3 is 0 Å². The quantitative estimate of drug-likeness (QED) is 0.265. The van der Waals surface area contributed by atoms with Crippen molar-refractivity contribution < 1.29 is 18.7 Å². The summed E-state index contributed by atoms with van der Waals surface area (Å²) in [4.78, 5) is 12.7. The standard InChI is InChI=1S/C27H23Cl2NO4/c1-4-33-25-14-26-21(22(15-34-26)17-6-5-7-19(11-17)32-3)13-20(25)16(2)10-27(31)30-18-8-9-23(28)24(29)12-18/h5-15H,4H2,1-3H3,(H,30,31)/b16-10+. The van der Waals surface area contributed by atoms with Crippen molar-refractivity contribution >= 4 is 51.3 Å². The average molecular weight is 496 g/mol. The first-order chi connectivity index (χ1) is 16.4. The van der Waals surface area contributed by atoms with Crippen molar-refractivity contribution in [2.24, 2.45) is 0 Å². The minimum absolute atomic E-state index is 0.293. The number of allylic oxidation sites excluding steroid dienone is 1. The van der Waals surface area contributed by atoms with E-state index in [1.807, 2.05) is 50.2 Å². The molecule has 4 aromatic rings. The van der Waals surface area contributed by atoms with Crippen molar-refractivity contribution in [3.8, 4) is 22.6 Å². The fraction of sp³-hybridized carbons (Fsp3) is 0.148. The van der Waals surface area contributed by atoms with Crippen LogP contribution in [0.25, 0.3) is 27.7 Å². The highest BCUT2D eigenvalue weighted by molar-refractivity contribution is 6.42. The van der Waals surface area contributed by atoms with Crippen molar-refractivity contribution in [1.29, 1.82) is 0 Å². The largest absolute Gasteiger partial charge is 0.497 e. The summed E-state index contributed by atoms with van der Waals surface area (Å²) in [6.45, 7) is 4.25. The number of hydrogen-bond donors (Lipinski definition) is 1. The zero-order chi connectivity index (χ0) is 24.2. The third-order valence-corrected chi connectivity index (χ3v) is 6.05. The molecule has 1 heterocycles. The molecule has 0 saturated heterocycles. The zero-order valence-corrected chi connectivity index (χ0v) is 20.5. The number of hydrogen-bond acceptors (Lipinski definition) is 4. The molecule has 0 bridgehead atoms. The molecule has 34 heavy (non-hydrogen) atoms. The Labute approximate surface area is 207 Å². The van der Waals surface area contributed by atoms with Gasteiger partial charge in [-0.25, -0.2) is 0 Å². The molecule has 0 aliphatic rings. The maximum absolute atomic E-state index is 12.7. The second-order valence-electron chi connectivity index (χ2n) is 7.60. The van der Waals surface area contributed by atoms with Crippen LogP contribution in [0, 0.1) is 0 Å². The van der Waals surface area contributed by atoms with Gasteiger partial charge in [-0.1, -0.05) is 35.3 Å². The van der Waals surface area contributed by atoms with E-state index in [2.05, 4.69) is 5.32 Å². The van der Waals surface area contributed by atoms with Gasteiger partial charge in [-0.05, 0) is 61.4 Å². The summed E-state index contributed by atoms with van der Waals surface area (Å²) in [6, 6.07) is 16.5. The molecule has 0 saturated carbocycles. The molecule has 174 valence electrons. The number of carbonyl (C=O) groups excluding carboxylic acids is 1. The summed E-state index contributed by atoms with van der Waals surface area (Å²) < 4.78 is 17.1. The highest BCUT2D eigenvalue weighted by Gasteiger charge is 2.16. The molecule has 3 aromatic carbocycles. The molecular formula is C27H23Cl2NO4. The molecule has 0 fully saturated rings. The molecule has 0 unspecified atom stereocenters. The molecule has 0 radical (unpaired) electrons. The monoisotopic (exact) mass is 495 g/mol. The van der Waals surface area contributed by atoms with Crippen LogP contribution < -0.4 is 14.8 Å². The Morgan fingerprint density at radius 2 is 1.91 bits per heavy atom. The number of ether oxygens (including phenoxy) is 2. The highest BCUT2D eigenvalue weighted by Crippen LogP contribution is 2.38. The lowest BCUT2D eigenvalue weighted by Gasteiger charge is -2.12. The maximum Gasteiger partial charge on any atom is 0.248 e. The van der Waals surface area contributed by atoms with Gasteiger partial charge in [0.15, 0.2) is 0 Å². The predicted octanol–water partition coefficient (Wildman–Crippen LogP) is 7.86. The first-order valence-electron chi connectivity index (χ1n) is 10.7. The van der Waals surface area contributed by atoms with Crippen LogP contribution in [-0.2, 0) is 4.79 Å². The Morgan fingerprint density at radius 3 is 2.65 bits per heavy atom. The molecule has 0 atom stereocenters. The lowest BCUT2D eigenvalue weighted by molar-refractivity contribution is -0.111. The van der Waals surface area contributed by atoms with Crippen LogP contribution in [-0.4, -0.2) is 19.6 Å². The summed E-state index contributed by atoms with van der Waals surface area (Å²) >= 11 is 12.0. The number of halogens is 2. The number of methoxy groups -OCH3 is 1. The maximum atomic E-state index is 12.7. The first kappa shape index (κ1) is 23.7. The third-order valence-electron chi connectivity index (χ3n) is 5.32. The second kappa shape index (κ2) is 10.2. The molecule has 7 heteroatoms. The Morgan fingerprint density at radius 1 is 1.09 bits per heavy atom. The van der Waals surface area contributed by atoms with Crippen molar-refractivity contribution in [2.75, 3.05) is 19.0 Å². The summed E-state index contributed by atoms with van der Waals surface area (Å²) in [5.74, 6) is 1.10. The summed E-state index contributed by atoms with van der Waals surface area (Å²) in [7, 11) is 1.64. The Balaban J connectivity index is 1.72. The van der Waals surface area contributed by atoms with E-state index in [0.717, 1.165) is 33.4 Å². The van der Waals surface area contributed by atoms with Crippen molar-refractivity contribution in [3.63, 3.8) is 0 Å². The van der Waals surface area contributed by atoms with Crippen LogP contribution in [0.5, 0.6) is 11.5 Å². The van der Waals surface area contributed by atoms with E-state index in [1.54, 1.807) is 31.6 Å². The molecule has 4 rings (SSSR count). The fourth-order valence-corrected chi connectivity index (χ4v) is 3.98. The van der Waals surface area contributed by atoms with E-state index >= 15 is 0 Å². The summed E-state index contributed by atoms with van der Waals surface area (Å²) in [6.07, 6.45) is 3.24. The van der Waals surface area contributed by atoms with Crippen LogP contribution in [0.3, 0.4) is 0 Å². The summed E-state index contributed by atoms with van der Waals surface area (Å²) in [5.41, 5.74) is 4.67. The molecule has 0 aliphatic carbocycles. The number of carbonyl (C=O) groups is 1. The number of fused-ring (bicyclic) bond motifs is 1. The van der Waals surface area contributed by atoms with Gasteiger partial charge in [-0.3, -0.25) is 4.79 Å². The molecule has 1 aromatic heterocycles. The smallest absolute Gasteiger partial charge is 0.248 e. The normalized spacial score (nSPS) is 11.5. The number of furan rings is 1. The minimum Gasteiger partial charge on any atom is -0.497 e. The highest BCUT2D eigenvalue weighted by atomic mass is 35.5. The lowest BCUT2D eigenvalue weighted by atomic mass is 9.99. The minimum atomic E-state index is -0.293. The van der Waals surface area contributed by atoms with Gasteiger partial charge in [0.25, 0.3) is 0 Å². The van der Waals surface area contributed by atoms with Crippen molar-refractivity contribution in [2.45, 2.75) is 13.8 Å². The molecular weight excluding hydrogens is 473 g/mol. The van der Waals surface area contributed by atoms with Gasteiger partial charge in [0.2, 0.25) is 5.91 Å². The molecule has 1 amide bonds. The van der Waals surface area contributed by atoms with E-state index in [9.17, 15) is 4.79 Å². The van der Waals surface area contributed by atoms with Crippen LogP contribution in [0.4, 0.5) is 5.69 Å². The fourth-order valence-electron chi connectivity index (χ4n) is 3.68. The molecule has 5 nitrogen and oxygen atoms in total. The van der Waals surface area contributed by atoms with Gasteiger partial charge in [0.1, 0.15) is 17.1 Å². The van der Waals surface area contributed by atoms with Crippen LogP contribution >= 0.6 is 23.2 Å². The SMILES string of the molecule is CCOc1cc2occ(-c3cccc(OC)c3)c2cc1/C(C)=C/C(=O)Nc1ccc(Cl)c(Cl)c1. The van der Waals surface area contributed by atoms with Crippen LogP contribution in [0.15, 0.2) is 71.4 Å². The number of anilines is 1. The van der Waals surface area contributed by atoms with Crippen molar-refractivity contribution in [3.05, 3.63) is 82.5 Å². The van der Waals surface area contributed by atoms with Gasteiger partial charge in [-0.2, -0.15) is 0 Å². The first-order valence-corrected chi connectivity index (χ1v) is 11.4. The van der Waals surface area contributed by atoms with Crippen LogP contribution in [0.2, 0.25) is 10.0 Å². The van der Waals surface area contributed by atoms with Gasteiger partial charge < -0.3 is 19.2 Å². The number of nitrogens with one attached hydrogen (secondary N) is 1. The van der Waals surface area contributed by atoms with E-state index in [1.165, 1.54) is 6.08 Å². The Kier molecular flexibility index (Phi) is 7.15. The molecule has 0 spiro atoms. The van der Waals surface area contributed by atoms with Crippen LogP contribution in [0.1, 0.15) is 19.4 Å². The lowest BCUT2D eigenvalue weighted by Crippen LogP contribution is -2.08. The second-order valence-corrected chi connectivity index (χ2v) is 8.42. The van der Waals surface area contributed by atoms with E-state index < -0.39 is 0 Å². The third kappa shape index (κ3) is 5.06. The summed E-state index contributed by atoms with van der Waals surface area (Å²) in [5, 5.41) is 4.51. The number of benzene rings is 3. The van der Waals surface area contributed by atoms with Crippen molar-refractivity contribution in [1.82, 2.24) is 0 Å². The van der Waals surface area contributed by atoms with E-state index in [4.69, 9.17) is 37.1 Å². The predicted molar refractivity (Wildman–Crippen MR) is 138 cm³/mol. The Bertz CT molecular complexity index is 1390. The number of rotatable bonds is 7. The molecule has 1 N–H and O–H groups in total. The van der Waals surface area contributed by atoms with E-state index in [-0.39, 0.29) is 5.91 Å². The average Bonchev–Trinajstić information content (AvgIpc) is 3.24. The topological polar surface area (TPSA) is 60.7 Å². The van der Waals surface area contributed by atoms with Gasteiger partial charge in [-0.15, -0.1) is 0 Å². The van der Waals surface area contributed by atoms with Gasteiger partial charge in [0, 0.05) is 34.3 Å². The Hall–Kier alpha value is -3.41. The van der Waals surface area contributed by atoms with Gasteiger partial charge in [0.05, 0.1) is 30.0 Å². The number of amides is 1. The van der Waals surface area contributed by atoms with E-state index in [0.29, 0.717) is 33.7 Å².